The SMILES string of the molecule is CCCCCCCCCCCCCC=CC(=Nc1cc(CC)cc(CC)c1)C(CCCCCCCCCCCCCCCCCCCC)=Nc1cc(CC)cc(CC)c1.[Ni]. The molecule has 60 heavy (non-hydrogen) atoms. The molecule has 0 fully saturated rings. The molecule has 0 amide bonds. The fourth-order valence-corrected chi connectivity index (χ4v) is 8.48. The number of hydrogen-bond acceptors (Lipinski definition) is 2. The number of unbranched alkanes of at least 4 members (excludes halogenated alkanes) is 28. The van der Waals surface area contributed by atoms with Gasteiger partial charge in [-0.05, 0) is 104 Å². The Bertz CT molecular complexity index is 1340. The summed E-state index contributed by atoms with van der Waals surface area (Å²) in [6.07, 6.45) is 51.4. The molecule has 0 aliphatic carbocycles. The van der Waals surface area contributed by atoms with E-state index in [1.807, 2.05) is 0 Å². The summed E-state index contributed by atoms with van der Waals surface area (Å²) in [6, 6.07) is 14.0. The minimum atomic E-state index is 0. The average molecular weight is 868 g/mol. The van der Waals surface area contributed by atoms with E-state index in [0.717, 1.165) is 61.3 Å². The van der Waals surface area contributed by atoms with Gasteiger partial charge in [0.1, 0.15) is 0 Å². The quantitative estimate of drug-likeness (QED) is 0.0363. The summed E-state index contributed by atoms with van der Waals surface area (Å²) in [4.78, 5) is 10.9. The van der Waals surface area contributed by atoms with Crippen molar-refractivity contribution in [3.05, 3.63) is 70.8 Å². The van der Waals surface area contributed by atoms with E-state index in [-0.39, 0.29) is 16.5 Å². The minimum absolute atomic E-state index is 0. The molecule has 0 heterocycles. The van der Waals surface area contributed by atoms with E-state index >= 15 is 0 Å². The van der Waals surface area contributed by atoms with Crippen molar-refractivity contribution in [1.82, 2.24) is 0 Å². The van der Waals surface area contributed by atoms with Crippen LogP contribution in [0.25, 0.3) is 0 Å². The van der Waals surface area contributed by atoms with Crippen LogP contribution in [0, 0.1) is 0 Å². The maximum absolute atomic E-state index is 5.49. The Morgan fingerprint density at radius 3 is 1.00 bits per heavy atom. The first-order valence-electron chi connectivity index (χ1n) is 26.1. The molecular formula is C57H96N2Ni. The van der Waals surface area contributed by atoms with Crippen LogP contribution < -0.4 is 0 Å². The van der Waals surface area contributed by atoms with Crippen LogP contribution in [-0.2, 0) is 42.2 Å². The molecular weight excluding hydrogens is 771 g/mol. The van der Waals surface area contributed by atoms with Crippen molar-refractivity contribution in [2.24, 2.45) is 9.98 Å². The topological polar surface area (TPSA) is 24.7 Å². The summed E-state index contributed by atoms with van der Waals surface area (Å²) >= 11 is 0. The second kappa shape index (κ2) is 39.8. The number of hydrogen-bond donors (Lipinski definition) is 0. The average Bonchev–Trinajstić information content (AvgIpc) is 3.26. The second-order valence-electron chi connectivity index (χ2n) is 18.0. The van der Waals surface area contributed by atoms with Crippen LogP contribution in [0.2, 0.25) is 0 Å². The van der Waals surface area contributed by atoms with Gasteiger partial charge in [0, 0.05) is 16.5 Å². The van der Waals surface area contributed by atoms with Gasteiger partial charge in [-0.1, -0.05) is 233 Å². The van der Waals surface area contributed by atoms with Gasteiger partial charge in [0.05, 0.1) is 22.8 Å². The van der Waals surface area contributed by atoms with E-state index < -0.39 is 0 Å². The summed E-state index contributed by atoms with van der Waals surface area (Å²) < 4.78 is 0. The van der Waals surface area contributed by atoms with Crippen molar-refractivity contribution in [1.29, 1.82) is 0 Å². The van der Waals surface area contributed by atoms with Crippen molar-refractivity contribution in [2.75, 3.05) is 0 Å². The molecule has 0 N–H and O–H groups in total. The van der Waals surface area contributed by atoms with Gasteiger partial charge in [-0.3, -0.25) is 4.99 Å². The zero-order valence-electron chi connectivity index (χ0n) is 40.6. The number of allylic oxidation sites excluding steroid dienone is 2. The van der Waals surface area contributed by atoms with E-state index in [1.165, 1.54) is 208 Å². The Labute approximate surface area is 384 Å². The molecule has 0 radical (unpaired) electrons. The molecule has 0 aromatic heterocycles. The third-order valence-corrected chi connectivity index (χ3v) is 12.5. The molecule has 0 saturated carbocycles. The molecule has 0 spiro atoms. The Balaban J connectivity index is 0.0000180. The van der Waals surface area contributed by atoms with Gasteiger partial charge in [0.15, 0.2) is 0 Å². The molecule has 3 heteroatoms. The molecule has 2 nitrogen and oxygen atoms in total. The van der Waals surface area contributed by atoms with Gasteiger partial charge in [0.25, 0.3) is 0 Å². The molecule has 0 atom stereocenters. The van der Waals surface area contributed by atoms with Crippen LogP contribution in [0.3, 0.4) is 0 Å². The first-order chi connectivity index (χ1) is 29.1. The Kier molecular flexibility index (Phi) is 37.2. The number of benzene rings is 2. The van der Waals surface area contributed by atoms with E-state index in [4.69, 9.17) is 9.98 Å². The molecule has 2 aromatic carbocycles. The zero-order valence-corrected chi connectivity index (χ0v) is 41.6. The summed E-state index contributed by atoms with van der Waals surface area (Å²) in [7, 11) is 0. The zero-order chi connectivity index (χ0) is 42.4. The maximum atomic E-state index is 5.49. The van der Waals surface area contributed by atoms with Crippen LogP contribution in [0.1, 0.15) is 263 Å². The summed E-state index contributed by atoms with van der Waals surface area (Å²) in [5.41, 5.74) is 9.91. The maximum Gasteiger partial charge on any atom is 0.0848 e. The van der Waals surface area contributed by atoms with Gasteiger partial charge < -0.3 is 0 Å². The van der Waals surface area contributed by atoms with E-state index in [0.29, 0.717) is 0 Å². The van der Waals surface area contributed by atoms with Crippen LogP contribution >= 0.6 is 0 Å². The third kappa shape index (κ3) is 28.6. The van der Waals surface area contributed by atoms with Gasteiger partial charge in [-0.25, -0.2) is 4.99 Å². The first-order valence-corrected chi connectivity index (χ1v) is 26.1. The predicted molar refractivity (Wildman–Crippen MR) is 268 cm³/mol. The van der Waals surface area contributed by atoms with Gasteiger partial charge >= 0.3 is 0 Å². The van der Waals surface area contributed by atoms with Crippen LogP contribution in [0.5, 0.6) is 0 Å². The molecule has 2 aromatic rings. The monoisotopic (exact) mass is 867 g/mol. The molecule has 344 valence electrons. The van der Waals surface area contributed by atoms with Crippen LogP contribution in [-0.4, -0.2) is 11.4 Å². The van der Waals surface area contributed by atoms with Crippen molar-refractivity contribution in [2.45, 2.75) is 266 Å². The van der Waals surface area contributed by atoms with Gasteiger partial charge in [0.2, 0.25) is 0 Å². The normalized spacial score (nSPS) is 12.2. The molecule has 0 aliphatic rings. The number of rotatable bonds is 39. The number of aryl methyl sites for hydroxylation is 4. The summed E-state index contributed by atoms with van der Waals surface area (Å²) in [5, 5.41) is 0. The molecule has 2 rings (SSSR count). The molecule has 0 bridgehead atoms. The molecule has 0 saturated heterocycles. The fourth-order valence-electron chi connectivity index (χ4n) is 8.48. The number of nitrogens with zero attached hydrogens (tertiary/aromatic N) is 2. The Morgan fingerprint density at radius 2 is 0.667 bits per heavy atom. The third-order valence-electron chi connectivity index (χ3n) is 12.5. The largest absolute Gasteiger partial charge is 0.251 e. The smallest absolute Gasteiger partial charge is 0.0848 e. The van der Waals surface area contributed by atoms with E-state index in [1.54, 1.807) is 0 Å². The predicted octanol–water partition coefficient (Wildman–Crippen LogP) is 19.5. The van der Waals surface area contributed by atoms with E-state index in [9.17, 15) is 0 Å². The number of aliphatic imine (C=N–C) groups is 2. The van der Waals surface area contributed by atoms with Crippen molar-refractivity contribution < 1.29 is 16.5 Å². The van der Waals surface area contributed by atoms with E-state index in [2.05, 4.69) is 90.1 Å². The first kappa shape index (κ1) is 56.0. The fraction of sp³-hybridized carbons (Fsp3) is 0.719. The van der Waals surface area contributed by atoms with Crippen molar-refractivity contribution in [3.8, 4) is 0 Å². The molecule has 0 aliphatic heterocycles. The summed E-state index contributed by atoms with van der Waals surface area (Å²) in [5.74, 6) is 0. The summed E-state index contributed by atoms with van der Waals surface area (Å²) in [6.45, 7) is 13.7. The van der Waals surface area contributed by atoms with Crippen LogP contribution in [0.4, 0.5) is 11.4 Å². The second-order valence-corrected chi connectivity index (χ2v) is 18.0. The van der Waals surface area contributed by atoms with Gasteiger partial charge in [-0.2, -0.15) is 0 Å². The van der Waals surface area contributed by atoms with Crippen molar-refractivity contribution >= 4 is 22.8 Å². The molecule has 0 unspecified atom stereocenters. The van der Waals surface area contributed by atoms with Crippen molar-refractivity contribution in [3.63, 3.8) is 0 Å². The van der Waals surface area contributed by atoms with Crippen LogP contribution in [0.15, 0.2) is 58.5 Å². The standard InChI is InChI=1S/C57H96N2.Ni/c1-7-13-15-17-19-21-23-25-26-27-28-29-31-33-35-37-39-41-43-57(59-55-48-52(11-5)45-53(12-6)49-55)56(58-54-46-50(9-3)44-51(10-4)47-54)42-40-38-36-34-32-30-24-22-20-18-16-14-8-2;/h40,42,44-49H,7-39,41,43H2,1-6H3;. The Morgan fingerprint density at radius 1 is 0.367 bits per heavy atom. The minimum Gasteiger partial charge on any atom is -0.251 e. The Hall–Kier alpha value is -1.99. The van der Waals surface area contributed by atoms with Gasteiger partial charge in [-0.15, -0.1) is 0 Å².